The minimum absolute atomic E-state index is 0.0363. The molecular weight excluding hydrogens is 431 g/mol. The van der Waals surface area contributed by atoms with Gasteiger partial charge in [-0.05, 0) is 43.7 Å². The van der Waals surface area contributed by atoms with E-state index in [4.69, 9.17) is 27.9 Å². The molecule has 2 fully saturated rings. The summed E-state index contributed by atoms with van der Waals surface area (Å²) in [6.45, 7) is 3.79. The van der Waals surface area contributed by atoms with Gasteiger partial charge < -0.3 is 20.5 Å². The molecule has 1 aliphatic heterocycles. The number of Topliss-reactive ketones (excluding diaryl/α,β-unsaturated/α-hetero) is 1. The van der Waals surface area contributed by atoms with Gasteiger partial charge in [0.2, 0.25) is 5.91 Å². The van der Waals surface area contributed by atoms with Crippen molar-refractivity contribution in [1.29, 1.82) is 0 Å². The molecule has 1 saturated carbocycles. The molecule has 0 unspecified atom stereocenters. The van der Waals surface area contributed by atoms with E-state index in [-0.39, 0.29) is 39.2 Å². The van der Waals surface area contributed by atoms with E-state index in [0.717, 1.165) is 25.7 Å². The van der Waals surface area contributed by atoms with Crippen molar-refractivity contribution >= 4 is 40.8 Å². The highest BCUT2D eigenvalue weighted by atomic mass is 35.5. The van der Waals surface area contributed by atoms with Gasteiger partial charge in [-0.25, -0.2) is 0 Å². The molecule has 164 valence electrons. The fraction of sp³-hybridized carbons (Fsp3) is 0.571. The fourth-order valence-corrected chi connectivity index (χ4v) is 4.67. The van der Waals surface area contributed by atoms with Crippen LogP contribution in [-0.2, 0) is 14.3 Å². The molecule has 1 aromatic carbocycles. The van der Waals surface area contributed by atoms with Crippen LogP contribution in [-0.4, -0.2) is 47.5 Å². The Kier molecular flexibility index (Phi) is 6.95. The van der Waals surface area contributed by atoms with E-state index in [0.29, 0.717) is 6.42 Å². The molecule has 0 radical (unpaired) electrons. The number of carbonyl (C=O) groups is 3. The molecule has 9 heteroatoms. The summed E-state index contributed by atoms with van der Waals surface area (Å²) in [6, 6.07) is 1.01. The maximum Gasteiger partial charge on any atom is 0.252 e. The lowest BCUT2D eigenvalue weighted by Gasteiger charge is -2.30. The Bertz CT molecular complexity index is 831. The Balaban J connectivity index is 1.79. The van der Waals surface area contributed by atoms with Crippen molar-refractivity contribution in [2.24, 2.45) is 5.41 Å². The van der Waals surface area contributed by atoms with E-state index in [1.54, 1.807) is 6.92 Å². The summed E-state index contributed by atoms with van der Waals surface area (Å²) in [5.74, 6) is -1.47. The quantitative estimate of drug-likeness (QED) is 0.609. The molecule has 7 nitrogen and oxygen atoms in total. The summed E-state index contributed by atoms with van der Waals surface area (Å²) in [5.41, 5.74) is 0.0484. The number of halogens is 2. The number of rotatable bonds is 6. The zero-order chi connectivity index (χ0) is 22.1. The van der Waals surface area contributed by atoms with Crippen LogP contribution in [0.25, 0.3) is 0 Å². The van der Waals surface area contributed by atoms with Gasteiger partial charge in [0.05, 0.1) is 16.1 Å². The lowest BCUT2D eigenvalue weighted by atomic mass is 9.81. The second kappa shape index (κ2) is 9.12. The molecule has 0 spiro atoms. The molecule has 2 amide bonds. The van der Waals surface area contributed by atoms with E-state index in [9.17, 15) is 19.5 Å². The third-order valence-corrected chi connectivity index (χ3v) is 6.59. The molecule has 0 bridgehead atoms. The number of hydrogen-bond acceptors (Lipinski definition) is 5. The summed E-state index contributed by atoms with van der Waals surface area (Å²) in [4.78, 5) is 37.9. The molecule has 2 aliphatic rings. The second-order valence-corrected chi connectivity index (χ2v) is 9.32. The summed E-state index contributed by atoms with van der Waals surface area (Å²) >= 11 is 11.8. The first-order valence-electron chi connectivity index (χ1n) is 10.0. The number of hydrogen-bond donors (Lipinski definition) is 3. The van der Waals surface area contributed by atoms with Crippen molar-refractivity contribution < 1.29 is 24.2 Å². The molecule has 30 heavy (non-hydrogen) atoms. The normalized spacial score (nSPS) is 23.9. The summed E-state index contributed by atoms with van der Waals surface area (Å²) in [5, 5.41) is 15.1. The first kappa shape index (κ1) is 22.8. The fourth-order valence-electron chi connectivity index (χ4n) is 4.19. The topological polar surface area (TPSA) is 105 Å². The number of nitrogens with one attached hydrogen (secondary N) is 2. The number of phenolic OH excluding ortho intramolecular Hbond substituents is 1. The molecule has 0 aromatic heterocycles. The highest BCUT2D eigenvalue weighted by Crippen LogP contribution is 2.41. The number of ether oxygens (including phenoxy) is 1. The molecule has 1 aliphatic carbocycles. The predicted octanol–water partition coefficient (Wildman–Crippen LogP) is 3.24. The molecule has 1 heterocycles. The lowest BCUT2D eigenvalue weighted by molar-refractivity contribution is -0.128. The van der Waals surface area contributed by atoms with Gasteiger partial charge >= 0.3 is 0 Å². The van der Waals surface area contributed by atoms with Crippen molar-refractivity contribution in [2.75, 3.05) is 6.61 Å². The van der Waals surface area contributed by atoms with E-state index in [2.05, 4.69) is 17.6 Å². The monoisotopic (exact) mass is 456 g/mol. The lowest BCUT2D eigenvalue weighted by Crippen LogP contribution is -2.54. The Morgan fingerprint density at radius 1 is 1.27 bits per heavy atom. The molecule has 3 N–H and O–H groups in total. The number of phenols is 1. The summed E-state index contributed by atoms with van der Waals surface area (Å²) in [6.07, 6.45) is 4.11. The average molecular weight is 457 g/mol. The third-order valence-electron chi connectivity index (χ3n) is 6.01. The largest absolute Gasteiger partial charge is 0.505 e. The van der Waals surface area contributed by atoms with Crippen LogP contribution >= 0.6 is 23.2 Å². The van der Waals surface area contributed by atoms with Gasteiger partial charge in [0.15, 0.2) is 11.5 Å². The molecule has 3 rings (SSSR count). The van der Waals surface area contributed by atoms with Gasteiger partial charge in [0.1, 0.15) is 18.7 Å². The molecule has 1 aromatic rings. The van der Waals surface area contributed by atoms with Crippen LogP contribution in [0.5, 0.6) is 5.75 Å². The smallest absolute Gasteiger partial charge is 0.252 e. The van der Waals surface area contributed by atoms with Crippen molar-refractivity contribution in [3.05, 3.63) is 27.7 Å². The Morgan fingerprint density at radius 3 is 2.40 bits per heavy atom. The van der Waals surface area contributed by atoms with E-state index < -0.39 is 30.0 Å². The van der Waals surface area contributed by atoms with Crippen LogP contribution in [0, 0.1) is 5.41 Å². The molecular formula is C21H26Cl2N2O5. The van der Waals surface area contributed by atoms with Gasteiger partial charge in [-0.15, -0.1) is 0 Å². The van der Waals surface area contributed by atoms with Gasteiger partial charge in [-0.1, -0.05) is 43.0 Å². The van der Waals surface area contributed by atoms with Crippen LogP contribution < -0.4 is 10.6 Å². The summed E-state index contributed by atoms with van der Waals surface area (Å²) < 4.78 is 5.29. The van der Waals surface area contributed by atoms with Gasteiger partial charge in [-0.3, -0.25) is 14.4 Å². The van der Waals surface area contributed by atoms with Crippen LogP contribution in [0.15, 0.2) is 12.1 Å². The summed E-state index contributed by atoms with van der Waals surface area (Å²) in [7, 11) is 0. The van der Waals surface area contributed by atoms with Gasteiger partial charge in [0, 0.05) is 5.56 Å². The first-order valence-corrected chi connectivity index (χ1v) is 10.8. The number of benzene rings is 1. The highest BCUT2D eigenvalue weighted by Gasteiger charge is 2.39. The second-order valence-electron chi connectivity index (χ2n) is 8.51. The first-order chi connectivity index (χ1) is 14.1. The zero-order valence-corrected chi connectivity index (χ0v) is 18.5. The van der Waals surface area contributed by atoms with E-state index in [1.807, 2.05) is 0 Å². The molecule has 3 atom stereocenters. The number of amides is 2. The van der Waals surface area contributed by atoms with Crippen LogP contribution in [0.1, 0.15) is 56.3 Å². The van der Waals surface area contributed by atoms with E-state index >= 15 is 0 Å². The number of carbonyl (C=O) groups excluding carboxylic acids is 3. The maximum atomic E-state index is 13.0. The van der Waals surface area contributed by atoms with Crippen molar-refractivity contribution in [2.45, 2.75) is 64.1 Å². The van der Waals surface area contributed by atoms with Gasteiger partial charge in [-0.2, -0.15) is 0 Å². The average Bonchev–Trinajstić information content (AvgIpc) is 3.25. The van der Waals surface area contributed by atoms with Crippen LogP contribution in [0.4, 0.5) is 0 Å². The minimum atomic E-state index is -0.840. The van der Waals surface area contributed by atoms with E-state index in [1.165, 1.54) is 12.1 Å². The molecule has 1 saturated heterocycles. The Morgan fingerprint density at radius 2 is 1.87 bits per heavy atom. The number of ketones is 1. The number of aromatic hydroxyl groups is 1. The van der Waals surface area contributed by atoms with Crippen molar-refractivity contribution in [1.82, 2.24) is 10.6 Å². The standard InChI is InChI=1S/C21H26Cl2N2O5/c1-11-17(16(26)10-30-11)25-20(29)15(9-21(2)5-3-4-6-21)24-19(28)12-7-13(22)18(27)14(23)8-12/h7-8,11,15,17,27H,3-6,9-10H2,1-2H3,(H,24,28)(H,25,29)/t11-,15-,17-/m0/s1. The van der Waals surface area contributed by atoms with Crippen LogP contribution in [0.3, 0.4) is 0 Å². The zero-order valence-electron chi connectivity index (χ0n) is 17.0. The van der Waals surface area contributed by atoms with Crippen molar-refractivity contribution in [3.63, 3.8) is 0 Å². The van der Waals surface area contributed by atoms with Gasteiger partial charge in [0.25, 0.3) is 5.91 Å². The SMILES string of the molecule is C[C@@H]1OCC(=O)[C@H]1NC(=O)[C@H](CC1(C)CCCC1)NC(=O)c1cc(Cl)c(O)c(Cl)c1. The predicted molar refractivity (Wildman–Crippen MR) is 113 cm³/mol. The third kappa shape index (κ3) is 5.07. The Labute approximate surface area is 185 Å². The van der Waals surface area contributed by atoms with Crippen LogP contribution in [0.2, 0.25) is 10.0 Å². The minimum Gasteiger partial charge on any atom is -0.505 e. The maximum absolute atomic E-state index is 13.0. The van der Waals surface area contributed by atoms with Crippen molar-refractivity contribution in [3.8, 4) is 5.75 Å². The Hall–Kier alpha value is -1.83. The highest BCUT2D eigenvalue weighted by molar-refractivity contribution is 6.37.